The van der Waals surface area contributed by atoms with Gasteiger partial charge in [-0.25, -0.2) is 0 Å². The van der Waals surface area contributed by atoms with Crippen LogP contribution in [-0.4, -0.2) is 45.2 Å². The first kappa shape index (κ1) is 18.1. The van der Waals surface area contributed by atoms with Gasteiger partial charge in [0.15, 0.2) is 18.1 Å². The molecule has 0 fully saturated rings. The van der Waals surface area contributed by atoms with Crippen LogP contribution in [0.2, 0.25) is 5.02 Å². The largest absolute Gasteiger partial charge is 0.493 e. The van der Waals surface area contributed by atoms with Gasteiger partial charge in [0, 0.05) is 18.7 Å². The van der Waals surface area contributed by atoms with Crippen molar-refractivity contribution in [1.29, 1.82) is 0 Å². The first-order valence-electron chi connectivity index (χ1n) is 7.46. The van der Waals surface area contributed by atoms with E-state index in [0.717, 1.165) is 19.5 Å². The van der Waals surface area contributed by atoms with Crippen molar-refractivity contribution in [2.45, 2.75) is 6.42 Å². The van der Waals surface area contributed by atoms with E-state index in [0.29, 0.717) is 12.1 Å². The molecule has 2 amide bonds. The Morgan fingerprint density at radius 3 is 2.83 bits per heavy atom. The third-order valence-electron chi connectivity index (χ3n) is 3.48. The monoisotopic (exact) mass is 353 g/mol. The maximum atomic E-state index is 12.3. The van der Waals surface area contributed by atoms with Gasteiger partial charge in [-0.1, -0.05) is 23.3 Å². The quantitative estimate of drug-likeness (QED) is 0.631. The smallest absolute Gasteiger partial charge is 0.255 e. The molecule has 0 aromatic heterocycles. The third kappa shape index (κ3) is 4.87. The highest BCUT2D eigenvalue weighted by molar-refractivity contribution is 6.32. The zero-order chi connectivity index (χ0) is 17.5. The number of amides is 2. The van der Waals surface area contributed by atoms with Gasteiger partial charge in [-0.05, 0) is 25.1 Å². The van der Waals surface area contributed by atoms with Gasteiger partial charge in [-0.3, -0.25) is 9.59 Å². The molecule has 0 saturated carbocycles. The number of nitrogens with one attached hydrogen (secondary N) is 2. The minimum absolute atomic E-state index is 0.168. The second-order valence-electron chi connectivity index (χ2n) is 5.24. The average molecular weight is 354 g/mol. The zero-order valence-electron chi connectivity index (χ0n) is 13.4. The normalized spacial score (nSPS) is 13.8. The number of carbonyl (C=O) groups is 2. The van der Waals surface area contributed by atoms with E-state index in [1.165, 1.54) is 24.8 Å². The Balaban J connectivity index is 2.09. The Kier molecular flexibility index (Phi) is 6.45. The van der Waals surface area contributed by atoms with Gasteiger partial charge in [0.25, 0.3) is 11.8 Å². The molecule has 0 bridgehead atoms. The van der Waals surface area contributed by atoms with Gasteiger partial charge in [0.05, 0.1) is 12.1 Å². The van der Waals surface area contributed by atoms with Crippen molar-refractivity contribution in [3.05, 3.63) is 34.4 Å². The van der Waals surface area contributed by atoms with Crippen LogP contribution in [0.3, 0.4) is 0 Å². The third-order valence-corrected chi connectivity index (χ3v) is 3.77. The topological polar surface area (TPSA) is 103 Å². The fourth-order valence-corrected chi connectivity index (χ4v) is 2.53. The van der Waals surface area contributed by atoms with Gasteiger partial charge in [-0.2, -0.15) is 0 Å². The van der Waals surface area contributed by atoms with Crippen LogP contribution in [-0.2, 0) is 4.79 Å². The first-order chi connectivity index (χ1) is 11.5. The molecule has 0 aliphatic carbocycles. The average Bonchev–Trinajstić information content (AvgIpc) is 2.58. The summed E-state index contributed by atoms with van der Waals surface area (Å²) in [6, 6.07) is 2.97. The van der Waals surface area contributed by atoms with Crippen molar-refractivity contribution in [3.8, 4) is 11.5 Å². The Morgan fingerprint density at radius 2 is 2.21 bits per heavy atom. The van der Waals surface area contributed by atoms with Gasteiger partial charge in [-0.15, -0.1) is 0 Å². The van der Waals surface area contributed by atoms with Crippen molar-refractivity contribution < 1.29 is 19.1 Å². The van der Waals surface area contributed by atoms with Gasteiger partial charge in [0.2, 0.25) is 0 Å². The van der Waals surface area contributed by atoms with Crippen LogP contribution in [0, 0.1) is 0 Å². The van der Waals surface area contributed by atoms with Crippen molar-refractivity contribution in [2.75, 3.05) is 33.4 Å². The fourth-order valence-electron chi connectivity index (χ4n) is 2.26. The number of nitrogens with two attached hydrogens (primary N) is 1. The highest BCUT2D eigenvalue weighted by atomic mass is 35.5. The Labute approximate surface area is 145 Å². The second kappa shape index (κ2) is 8.56. The SMILES string of the molecule is COc1cc(C(=O)NCC2=CCNCC2)cc(Cl)c1OCC(N)=O. The summed E-state index contributed by atoms with van der Waals surface area (Å²) in [6.45, 7) is 1.88. The number of hydrogen-bond donors (Lipinski definition) is 3. The summed E-state index contributed by atoms with van der Waals surface area (Å²) in [4.78, 5) is 23.1. The molecule has 0 atom stereocenters. The Bertz CT molecular complexity index is 661. The number of benzene rings is 1. The molecule has 1 aliphatic heterocycles. The van der Waals surface area contributed by atoms with E-state index in [1.54, 1.807) is 0 Å². The maximum absolute atomic E-state index is 12.3. The van der Waals surface area contributed by atoms with Gasteiger partial charge >= 0.3 is 0 Å². The molecular weight excluding hydrogens is 334 g/mol. The predicted octanol–water partition coefficient (Wildman–Crippen LogP) is 0.862. The Morgan fingerprint density at radius 1 is 1.42 bits per heavy atom. The van der Waals surface area contributed by atoms with Gasteiger partial charge < -0.3 is 25.8 Å². The number of primary amides is 1. The minimum Gasteiger partial charge on any atom is -0.493 e. The van der Waals surface area contributed by atoms with Gasteiger partial charge in [0.1, 0.15) is 0 Å². The molecule has 0 radical (unpaired) electrons. The lowest BCUT2D eigenvalue weighted by atomic mass is 10.1. The van der Waals surface area contributed by atoms with E-state index in [2.05, 4.69) is 16.7 Å². The minimum atomic E-state index is -0.634. The molecule has 130 valence electrons. The lowest BCUT2D eigenvalue weighted by Crippen LogP contribution is -2.29. The second-order valence-corrected chi connectivity index (χ2v) is 5.65. The van der Waals surface area contributed by atoms with Crippen LogP contribution in [0.25, 0.3) is 0 Å². The van der Waals surface area contributed by atoms with E-state index in [1.807, 2.05) is 0 Å². The van der Waals surface area contributed by atoms with Crippen molar-refractivity contribution in [1.82, 2.24) is 10.6 Å². The molecule has 8 heteroatoms. The lowest BCUT2D eigenvalue weighted by molar-refractivity contribution is -0.119. The van der Waals surface area contributed by atoms with Crippen LogP contribution < -0.4 is 25.8 Å². The maximum Gasteiger partial charge on any atom is 0.255 e. The van der Waals surface area contributed by atoms with Crippen LogP contribution >= 0.6 is 11.6 Å². The van der Waals surface area contributed by atoms with Crippen LogP contribution in [0.1, 0.15) is 16.8 Å². The summed E-state index contributed by atoms with van der Waals surface area (Å²) >= 11 is 6.13. The van der Waals surface area contributed by atoms with E-state index < -0.39 is 5.91 Å². The van der Waals surface area contributed by atoms with E-state index in [4.69, 9.17) is 26.8 Å². The summed E-state index contributed by atoms with van der Waals surface area (Å²) in [7, 11) is 1.42. The Hall–Kier alpha value is -2.25. The molecule has 0 spiro atoms. The number of halogens is 1. The van der Waals surface area contributed by atoms with Crippen LogP contribution in [0.5, 0.6) is 11.5 Å². The van der Waals surface area contributed by atoms with Crippen molar-refractivity contribution in [2.24, 2.45) is 5.73 Å². The van der Waals surface area contributed by atoms with E-state index in [-0.39, 0.29) is 29.0 Å². The van der Waals surface area contributed by atoms with E-state index >= 15 is 0 Å². The molecule has 1 aromatic carbocycles. The summed E-state index contributed by atoms with van der Waals surface area (Å²) in [5, 5.41) is 6.23. The van der Waals surface area contributed by atoms with Crippen LogP contribution in [0.15, 0.2) is 23.8 Å². The first-order valence-corrected chi connectivity index (χ1v) is 7.84. The number of carbonyl (C=O) groups excluding carboxylic acids is 2. The molecule has 1 heterocycles. The molecule has 24 heavy (non-hydrogen) atoms. The number of rotatable bonds is 7. The van der Waals surface area contributed by atoms with Crippen LogP contribution in [0.4, 0.5) is 0 Å². The molecule has 0 saturated heterocycles. The summed E-state index contributed by atoms with van der Waals surface area (Å²) in [5.74, 6) is -0.466. The zero-order valence-corrected chi connectivity index (χ0v) is 14.1. The van der Waals surface area contributed by atoms with E-state index in [9.17, 15) is 9.59 Å². The molecular formula is C16H20ClN3O4. The molecule has 4 N–H and O–H groups in total. The molecule has 7 nitrogen and oxygen atoms in total. The number of ether oxygens (including phenoxy) is 2. The summed E-state index contributed by atoms with van der Waals surface area (Å²) in [6.07, 6.45) is 2.97. The standard InChI is InChI=1S/C16H20ClN3O4/c1-23-13-7-11(6-12(17)15(13)24-9-14(18)21)16(22)20-8-10-2-4-19-5-3-10/h2,6-7,19H,3-5,8-9H2,1H3,(H2,18,21)(H,20,22). The molecule has 1 aromatic rings. The van der Waals surface area contributed by atoms with Crippen molar-refractivity contribution in [3.63, 3.8) is 0 Å². The highest BCUT2D eigenvalue weighted by Gasteiger charge is 2.17. The summed E-state index contributed by atoms with van der Waals surface area (Å²) < 4.78 is 10.4. The lowest BCUT2D eigenvalue weighted by Gasteiger charge is -2.16. The highest BCUT2D eigenvalue weighted by Crippen LogP contribution is 2.36. The van der Waals surface area contributed by atoms with Crippen molar-refractivity contribution >= 4 is 23.4 Å². The fraction of sp³-hybridized carbons (Fsp3) is 0.375. The number of methoxy groups -OCH3 is 1. The predicted molar refractivity (Wildman–Crippen MR) is 90.6 cm³/mol. The molecule has 0 unspecified atom stereocenters. The molecule has 2 rings (SSSR count). The molecule has 1 aliphatic rings. The number of hydrogen-bond acceptors (Lipinski definition) is 5. The summed E-state index contributed by atoms with van der Waals surface area (Å²) in [5.41, 5.74) is 6.58.